The summed E-state index contributed by atoms with van der Waals surface area (Å²) in [5.74, 6) is -0.318. The number of imide groups is 1. The van der Waals surface area contributed by atoms with Gasteiger partial charge in [-0.25, -0.2) is 0 Å². The Bertz CT molecular complexity index is 847. The molecule has 0 saturated carbocycles. The lowest BCUT2D eigenvalue weighted by Gasteiger charge is -2.12. The molecule has 0 N–H and O–H groups in total. The summed E-state index contributed by atoms with van der Waals surface area (Å²) in [5.41, 5.74) is 2.65. The molecule has 0 atom stereocenters. The van der Waals surface area contributed by atoms with Gasteiger partial charge in [0.25, 0.3) is 11.1 Å². The third-order valence-corrected chi connectivity index (χ3v) is 5.34. The summed E-state index contributed by atoms with van der Waals surface area (Å²) >= 11 is 13.0. The van der Waals surface area contributed by atoms with Crippen molar-refractivity contribution in [2.75, 3.05) is 0 Å². The first-order valence-corrected chi connectivity index (χ1v) is 8.78. The average Bonchev–Trinajstić information content (AvgIpc) is 2.81. The second-order valence-electron chi connectivity index (χ2n) is 5.40. The van der Waals surface area contributed by atoms with Crippen LogP contribution in [0.3, 0.4) is 0 Å². The van der Waals surface area contributed by atoms with Crippen molar-refractivity contribution in [3.63, 3.8) is 0 Å². The van der Waals surface area contributed by atoms with Crippen LogP contribution in [0.2, 0.25) is 10.0 Å². The number of amides is 2. The van der Waals surface area contributed by atoms with Crippen LogP contribution in [0.5, 0.6) is 0 Å². The molecule has 1 fully saturated rings. The average molecular weight is 378 g/mol. The molecule has 0 spiro atoms. The van der Waals surface area contributed by atoms with Crippen LogP contribution in [0.1, 0.15) is 16.7 Å². The van der Waals surface area contributed by atoms with E-state index in [1.807, 2.05) is 31.2 Å². The van der Waals surface area contributed by atoms with E-state index in [4.69, 9.17) is 23.2 Å². The van der Waals surface area contributed by atoms with E-state index in [9.17, 15) is 9.59 Å². The van der Waals surface area contributed by atoms with Gasteiger partial charge in [0, 0.05) is 0 Å². The Balaban J connectivity index is 1.84. The van der Waals surface area contributed by atoms with Crippen LogP contribution < -0.4 is 0 Å². The topological polar surface area (TPSA) is 37.4 Å². The maximum Gasteiger partial charge on any atom is 0.293 e. The second kappa shape index (κ2) is 7.01. The van der Waals surface area contributed by atoms with Crippen LogP contribution in [0.25, 0.3) is 6.08 Å². The number of nitrogens with zero attached hydrogens (tertiary/aromatic N) is 1. The van der Waals surface area contributed by atoms with Crippen molar-refractivity contribution in [1.82, 2.24) is 4.90 Å². The van der Waals surface area contributed by atoms with E-state index < -0.39 is 0 Å². The third kappa shape index (κ3) is 3.51. The van der Waals surface area contributed by atoms with E-state index in [0.29, 0.717) is 20.5 Å². The fraction of sp³-hybridized carbons (Fsp3) is 0.111. The Morgan fingerprint density at radius 2 is 1.79 bits per heavy atom. The van der Waals surface area contributed by atoms with Crippen molar-refractivity contribution in [3.05, 3.63) is 74.1 Å². The first kappa shape index (κ1) is 17.1. The second-order valence-corrected chi connectivity index (χ2v) is 7.17. The van der Waals surface area contributed by atoms with Crippen LogP contribution in [-0.4, -0.2) is 16.0 Å². The molecule has 3 rings (SSSR count). The molecule has 1 saturated heterocycles. The smallest absolute Gasteiger partial charge is 0.268 e. The van der Waals surface area contributed by atoms with Gasteiger partial charge >= 0.3 is 0 Å². The van der Waals surface area contributed by atoms with Gasteiger partial charge in [0.1, 0.15) is 0 Å². The molecule has 0 radical (unpaired) electrons. The predicted octanol–water partition coefficient (Wildman–Crippen LogP) is 5.54. The van der Waals surface area contributed by atoms with Gasteiger partial charge in [0.05, 0.1) is 21.5 Å². The highest BCUT2D eigenvalue weighted by molar-refractivity contribution is 8.18. The molecule has 3 nitrogen and oxygen atoms in total. The van der Waals surface area contributed by atoms with Crippen molar-refractivity contribution in [2.45, 2.75) is 13.5 Å². The van der Waals surface area contributed by atoms with Gasteiger partial charge in [-0.3, -0.25) is 14.5 Å². The van der Waals surface area contributed by atoms with Crippen LogP contribution in [-0.2, 0) is 11.3 Å². The van der Waals surface area contributed by atoms with Gasteiger partial charge in [-0.05, 0) is 42.0 Å². The fourth-order valence-electron chi connectivity index (χ4n) is 2.29. The summed E-state index contributed by atoms with van der Waals surface area (Å²) in [6, 6.07) is 12.9. The molecular formula is C18H13Cl2NO2S. The summed E-state index contributed by atoms with van der Waals surface area (Å²) in [7, 11) is 0. The normalized spacial score (nSPS) is 16.3. The van der Waals surface area contributed by atoms with Crippen LogP contribution >= 0.6 is 35.0 Å². The van der Waals surface area contributed by atoms with Crippen molar-refractivity contribution < 1.29 is 9.59 Å². The lowest BCUT2D eigenvalue weighted by molar-refractivity contribution is -0.123. The fourth-order valence-corrected chi connectivity index (χ4v) is 3.48. The van der Waals surface area contributed by atoms with E-state index in [1.165, 1.54) is 4.90 Å². The molecule has 122 valence electrons. The quantitative estimate of drug-likeness (QED) is 0.659. The summed E-state index contributed by atoms with van der Waals surface area (Å²) in [5, 5.41) is 0.485. The molecule has 2 aromatic rings. The van der Waals surface area contributed by atoms with E-state index in [-0.39, 0.29) is 17.7 Å². The largest absolute Gasteiger partial charge is 0.293 e. The number of halogens is 2. The molecule has 6 heteroatoms. The zero-order valence-electron chi connectivity index (χ0n) is 12.8. The summed E-state index contributed by atoms with van der Waals surface area (Å²) in [6.07, 6.45) is 1.61. The highest BCUT2D eigenvalue weighted by Crippen LogP contribution is 2.35. The molecule has 0 aliphatic carbocycles. The van der Waals surface area contributed by atoms with E-state index >= 15 is 0 Å². The lowest BCUT2D eigenvalue weighted by atomic mass is 10.1. The summed E-state index contributed by atoms with van der Waals surface area (Å²) in [6.45, 7) is 2.24. The number of carbonyl (C=O) groups excluding carboxylic acids is 2. The van der Waals surface area contributed by atoms with Gasteiger partial charge < -0.3 is 0 Å². The third-order valence-electron chi connectivity index (χ3n) is 3.60. The van der Waals surface area contributed by atoms with E-state index in [0.717, 1.165) is 22.9 Å². The van der Waals surface area contributed by atoms with Crippen LogP contribution in [0.4, 0.5) is 4.79 Å². The Morgan fingerprint density at radius 3 is 2.50 bits per heavy atom. The van der Waals surface area contributed by atoms with Crippen LogP contribution in [0, 0.1) is 6.92 Å². The zero-order valence-corrected chi connectivity index (χ0v) is 15.1. The number of hydrogen-bond acceptors (Lipinski definition) is 3. The number of thioether (sulfide) groups is 1. The minimum absolute atomic E-state index is 0.256. The van der Waals surface area contributed by atoms with Crippen LogP contribution in [0.15, 0.2) is 47.4 Å². The Morgan fingerprint density at radius 1 is 1.08 bits per heavy atom. The molecule has 1 aliphatic heterocycles. The van der Waals surface area contributed by atoms with Crippen molar-refractivity contribution >= 4 is 52.2 Å². The first-order valence-electron chi connectivity index (χ1n) is 7.20. The van der Waals surface area contributed by atoms with E-state index in [1.54, 1.807) is 24.3 Å². The number of benzene rings is 2. The molecular weight excluding hydrogens is 365 g/mol. The first-order chi connectivity index (χ1) is 11.5. The van der Waals surface area contributed by atoms with Gasteiger partial charge in [0.2, 0.25) is 0 Å². The Hall–Kier alpha value is -1.75. The maximum atomic E-state index is 12.5. The number of hydrogen-bond donors (Lipinski definition) is 0. The molecule has 1 heterocycles. The Labute approximate surface area is 154 Å². The molecule has 2 amide bonds. The molecule has 24 heavy (non-hydrogen) atoms. The number of rotatable bonds is 3. The molecule has 0 aromatic heterocycles. The maximum absolute atomic E-state index is 12.5. The zero-order chi connectivity index (χ0) is 17.3. The predicted molar refractivity (Wildman–Crippen MR) is 99.2 cm³/mol. The molecule has 1 aliphatic rings. The molecule has 0 bridgehead atoms. The number of carbonyl (C=O) groups is 2. The van der Waals surface area contributed by atoms with Crippen molar-refractivity contribution in [3.8, 4) is 0 Å². The minimum atomic E-state index is -0.318. The molecule has 2 aromatic carbocycles. The lowest BCUT2D eigenvalue weighted by Crippen LogP contribution is -2.27. The monoisotopic (exact) mass is 377 g/mol. The van der Waals surface area contributed by atoms with Crippen molar-refractivity contribution in [2.24, 2.45) is 0 Å². The van der Waals surface area contributed by atoms with Gasteiger partial charge in [-0.15, -0.1) is 0 Å². The molecule has 0 unspecified atom stereocenters. The highest BCUT2D eigenvalue weighted by Gasteiger charge is 2.35. The Kier molecular flexibility index (Phi) is 4.99. The SMILES string of the molecule is Cc1ccc(CN2C(=O)S/C(=C/c3cccc(Cl)c3Cl)C2=O)cc1. The van der Waals surface area contributed by atoms with Gasteiger partial charge in [-0.1, -0.05) is 65.2 Å². The van der Waals surface area contributed by atoms with Gasteiger partial charge in [-0.2, -0.15) is 0 Å². The highest BCUT2D eigenvalue weighted by atomic mass is 35.5. The summed E-state index contributed by atoms with van der Waals surface area (Å²) < 4.78 is 0. The van der Waals surface area contributed by atoms with E-state index in [2.05, 4.69) is 0 Å². The van der Waals surface area contributed by atoms with Gasteiger partial charge in [0.15, 0.2) is 0 Å². The number of aryl methyl sites for hydroxylation is 1. The standard InChI is InChI=1S/C18H13Cl2NO2S/c1-11-5-7-12(8-6-11)10-21-17(22)15(24-18(21)23)9-13-3-2-4-14(19)16(13)20/h2-9H,10H2,1H3/b15-9+. The van der Waals surface area contributed by atoms with Crippen molar-refractivity contribution in [1.29, 1.82) is 0 Å². The minimum Gasteiger partial charge on any atom is -0.268 e. The summed E-state index contributed by atoms with van der Waals surface area (Å²) in [4.78, 5) is 26.3.